The van der Waals surface area contributed by atoms with Crippen LogP contribution in [0.25, 0.3) is 0 Å². The minimum atomic E-state index is 0.442. The van der Waals surface area contributed by atoms with E-state index in [4.69, 9.17) is 0 Å². The molecule has 1 aromatic heterocycles. The number of hydrogen-bond acceptors (Lipinski definition) is 4. The molecule has 1 saturated heterocycles. The predicted octanol–water partition coefficient (Wildman–Crippen LogP) is 3.44. The number of rotatable bonds is 5. The number of benzene rings is 1. The zero-order valence-corrected chi connectivity index (χ0v) is 14.8. The predicted molar refractivity (Wildman–Crippen MR) is 98.1 cm³/mol. The third kappa shape index (κ3) is 4.34. The number of piperazine rings is 1. The Morgan fingerprint density at radius 2 is 2.17 bits per heavy atom. The van der Waals surface area contributed by atoms with E-state index in [1.54, 1.807) is 0 Å². The maximum atomic E-state index is 4.28. The van der Waals surface area contributed by atoms with Crippen LogP contribution in [0.1, 0.15) is 22.7 Å². The van der Waals surface area contributed by atoms with Crippen molar-refractivity contribution in [3.63, 3.8) is 0 Å². The van der Waals surface area contributed by atoms with Gasteiger partial charge < -0.3 is 5.32 Å². The zero-order chi connectivity index (χ0) is 16.1. The van der Waals surface area contributed by atoms with E-state index in [0.717, 1.165) is 31.9 Å². The maximum absolute atomic E-state index is 4.28. The molecule has 1 unspecified atom stereocenters. The molecular formula is C19H25N3S. The number of pyridine rings is 1. The van der Waals surface area contributed by atoms with Gasteiger partial charge in [0.25, 0.3) is 0 Å². The minimum Gasteiger partial charge on any atom is -0.314 e. The van der Waals surface area contributed by atoms with E-state index in [9.17, 15) is 0 Å². The van der Waals surface area contributed by atoms with Crippen LogP contribution in [0.15, 0.2) is 47.6 Å². The first kappa shape index (κ1) is 16.5. The summed E-state index contributed by atoms with van der Waals surface area (Å²) in [7, 11) is 0. The Hall–Kier alpha value is -1.36. The van der Waals surface area contributed by atoms with Gasteiger partial charge in [0.05, 0.1) is 0 Å². The quantitative estimate of drug-likeness (QED) is 0.852. The molecule has 23 heavy (non-hydrogen) atoms. The number of aryl methyl sites for hydroxylation is 2. The lowest BCUT2D eigenvalue weighted by Gasteiger charge is -2.36. The standard InChI is InChI=1S/C19H25N3S/c1-15-5-6-18(12-16(15)2)23-11-10-22-9-8-21-14-19(22)17-4-3-7-20-13-17/h3-7,12-13,19,21H,8-11,14H2,1-2H3. The van der Waals surface area contributed by atoms with Crippen LogP contribution in [-0.2, 0) is 0 Å². The first-order chi connectivity index (χ1) is 11.2. The van der Waals surface area contributed by atoms with Crippen molar-refractivity contribution in [2.45, 2.75) is 24.8 Å². The van der Waals surface area contributed by atoms with E-state index in [1.165, 1.54) is 21.6 Å². The Morgan fingerprint density at radius 3 is 2.96 bits per heavy atom. The summed E-state index contributed by atoms with van der Waals surface area (Å²) in [6.45, 7) is 8.66. The number of nitrogens with zero attached hydrogens (tertiary/aromatic N) is 2. The molecule has 0 saturated carbocycles. The molecule has 1 fully saturated rings. The van der Waals surface area contributed by atoms with Crippen LogP contribution in [0.3, 0.4) is 0 Å². The summed E-state index contributed by atoms with van der Waals surface area (Å²) in [5.41, 5.74) is 4.06. The van der Waals surface area contributed by atoms with Crippen LogP contribution in [0, 0.1) is 13.8 Å². The van der Waals surface area contributed by atoms with Crippen LogP contribution >= 0.6 is 11.8 Å². The number of hydrogen-bond donors (Lipinski definition) is 1. The highest BCUT2D eigenvalue weighted by Crippen LogP contribution is 2.24. The third-order valence-corrected chi connectivity index (χ3v) is 5.52. The smallest absolute Gasteiger partial charge is 0.0488 e. The highest BCUT2D eigenvalue weighted by molar-refractivity contribution is 7.99. The fourth-order valence-corrected chi connectivity index (χ4v) is 3.99. The van der Waals surface area contributed by atoms with Crippen LogP contribution in [-0.4, -0.2) is 41.8 Å². The summed E-state index contributed by atoms with van der Waals surface area (Å²) in [6.07, 6.45) is 3.85. The van der Waals surface area contributed by atoms with Crippen molar-refractivity contribution >= 4 is 11.8 Å². The second-order valence-corrected chi connectivity index (χ2v) is 7.31. The lowest BCUT2D eigenvalue weighted by Crippen LogP contribution is -2.46. The van der Waals surface area contributed by atoms with Gasteiger partial charge in [0, 0.05) is 55.3 Å². The molecule has 0 amide bonds. The normalized spacial score (nSPS) is 19.0. The minimum absolute atomic E-state index is 0.442. The fourth-order valence-electron chi connectivity index (χ4n) is 3.00. The first-order valence-electron chi connectivity index (χ1n) is 8.29. The van der Waals surface area contributed by atoms with Crippen LogP contribution < -0.4 is 5.32 Å². The van der Waals surface area contributed by atoms with Gasteiger partial charge in [0.2, 0.25) is 0 Å². The molecule has 3 rings (SSSR count). The Kier molecular flexibility index (Phi) is 5.70. The Bertz CT molecular complexity index is 630. The Labute approximate surface area is 143 Å². The van der Waals surface area contributed by atoms with Crippen molar-refractivity contribution in [3.8, 4) is 0 Å². The molecule has 0 bridgehead atoms. The molecule has 1 N–H and O–H groups in total. The van der Waals surface area contributed by atoms with Gasteiger partial charge in [0.15, 0.2) is 0 Å². The maximum Gasteiger partial charge on any atom is 0.0488 e. The summed E-state index contributed by atoms with van der Waals surface area (Å²) in [4.78, 5) is 8.24. The third-order valence-electron chi connectivity index (χ3n) is 4.55. The van der Waals surface area contributed by atoms with Gasteiger partial charge in [-0.1, -0.05) is 12.1 Å². The monoisotopic (exact) mass is 327 g/mol. The molecule has 122 valence electrons. The van der Waals surface area contributed by atoms with E-state index in [-0.39, 0.29) is 0 Å². The second kappa shape index (κ2) is 7.95. The van der Waals surface area contributed by atoms with Crippen molar-refractivity contribution in [2.24, 2.45) is 0 Å². The van der Waals surface area contributed by atoms with Crippen molar-refractivity contribution in [3.05, 3.63) is 59.4 Å². The van der Waals surface area contributed by atoms with E-state index in [0.29, 0.717) is 6.04 Å². The van der Waals surface area contributed by atoms with Crippen molar-refractivity contribution in [1.82, 2.24) is 15.2 Å². The molecule has 0 radical (unpaired) electrons. The number of aromatic nitrogens is 1. The highest BCUT2D eigenvalue weighted by Gasteiger charge is 2.23. The lowest BCUT2D eigenvalue weighted by atomic mass is 10.1. The van der Waals surface area contributed by atoms with E-state index >= 15 is 0 Å². The highest BCUT2D eigenvalue weighted by atomic mass is 32.2. The van der Waals surface area contributed by atoms with Crippen molar-refractivity contribution in [1.29, 1.82) is 0 Å². The molecule has 1 aliphatic heterocycles. The SMILES string of the molecule is Cc1ccc(SCCN2CCNCC2c2cccnc2)cc1C. The average Bonchev–Trinajstić information content (AvgIpc) is 2.59. The molecule has 1 aromatic carbocycles. The fraction of sp³-hybridized carbons (Fsp3) is 0.421. The van der Waals surface area contributed by atoms with Crippen LogP contribution in [0.2, 0.25) is 0 Å². The van der Waals surface area contributed by atoms with E-state index in [1.807, 2.05) is 30.2 Å². The zero-order valence-electron chi connectivity index (χ0n) is 14.0. The molecule has 1 atom stereocenters. The molecule has 4 heteroatoms. The number of thioether (sulfide) groups is 1. The van der Waals surface area contributed by atoms with Crippen LogP contribution in [0.5, 0.6) is 0 Å². The lowest BCUT2D eigenvalue weighted by molar-refractivity contribution is 0.172. The van der Waals surface area contributed by atoms with E-state index < -0.39 is 0 Å². The summed E-state index contributed by atoms with van der Waals surface area (Å²) in [5, 5.41) is 3.51. The van der Waals surface area contributed by atoms with Crippen molar-refractivity contribution < 1.29 is 0 Å². The largest absolute Gasteiger partial charge is 0.314 e. The second-order valence-electron chi connectivity index (χ2n) is 6.14. The van der Waals surface area contributed by atoms with Gasteiger partial charge in [-0.2, -0.15) is 0 Å². The molecular weight excluding hydrogens is 302 g/mol. The summed E-state index contributed by atoms with van der Waals surface area (Å²) in [5.74, 6) is 1.12. The van der Waals surface area contributed by atoms with Gasteiger partial charge in [-0.25, -0.2) is 0 Å². The molecule has 1 aliphatic rings. The Balaban J connectivity index is 1.58. The van der Waals surface area contributed by atoms with Gasteiger partial charge >= 0.3 is 0 Å². The topological polar surface area (TPSA) is 28.2 Å². The summed E-state index contributed by atoms with van der Waals surface area (Å²) in [6, 6.07) is 11.4. The van der Waals surface area contributed by atoms with Crippen LogP contribution in [0.4, 0.5) is 0 Å². The summed E-state index contributed by atoms with van der Waals surface area (Å²) >= 11 is 1.96. The molecule has 3 nitrogen and oxygen atoms in total. The number of nitrogens with one attached hydrogen (secondary N) is 1. The summed E-state index contributed by atoms with van der Waals surface area (Å²) < 4.78 is 0. The Morgan fingerprint density at radius 1 is 1.26 bits per heavy atom. The van der Waals surface area contributed by atoms with Crippen molar-refractivity contribution in [2.75, 3.05) is 31.9 Å². The molecule has 0 spiro atoms. The van der Waals surface area contributed by atoms with Gasteiger partial charge in [-0.15, -0.1) is 11.8 Å². The van der Waals surface area contributed by atoms with Gasteiger partial charge in [0.1, 0.15) is 0 Å². The van der Waals surface area contributed by atoms with Gasteiger partial charge in [-0.05, 0) is 48.7 Å². The molecule has 2 heterocycles. The first-order valence-corrected chi connectivity index (χ1v) is 9.27. The van der Waals surface area contributed by atoms with E-state index in [2.05, 4.69) is 53.3 Å². The molecule has 2 aromatic rings. The van der Waals surface area contributed by atoms with Gasteiger partial charge in [-0.3, -0.25) is 9.88 Å². The average molecular weight is 327 g/mol. The molecule has 0 aliphatic carbocycles.